The highest BCUT2D eigenvalue weighted by molar-refractivity contribution is 6.02. The number of fused-ring (bicyclic) bond motifs is 2. The van der Waals surface area contributed by atoms with Crippen molar-refractivity contribution >= 4 is 33.5 Å². The number of pyridine rings is 1. The Bertz CT molecular complexity index is 1460. The molecule has 5 aromatic rings. The molecule has 32 heavy (non-hydrogen) atoms. The maximum absolute atomic E-state index is 12.7. The van der Waals surface area contributed by atoms with E-state index in [0.717, 1.165) is 27.7 Å². The van der Waals surface area contributed by atoms with E-state index in [-0.39, 0.29) is 17.6 Å². The molecule has 1 amide bonds. The number of hydrogen-bond acceptors (Lipinski definition) is 6. The average Bonchev–Trinajstić information content (AvgIpc) is 3.41. The number of aromatic nitrogens is 5. The van der Waals surface area contributed by atoms with Crippen molar-refractivity contribution in [3.05, 3.63) is 82.4 Å². The van der Waals surface area contributed by atoms with Crippen LogP contribution in [0.4, 0.5) is 5.69 Å². The molecule has 3 N–H and O–H groups in total. The highest BCUT2D eigenvalue weighted by atomic mass is 16.6. The number of nitrogens with zero attached hydrogens (tertiary/aromatic N) is 4. The molecule has 0 spiro atoms. The molecule has 0 unspecified atom stereocenters. The molecule has 10 nitrogen and oxygen atoms in total. The second kappa shape index (κ2) is 7.58. The van der Waals surface area contributed by atoms with Crippen LogP contribution in [0.5, 0.6) is 0 Å². The second-order valence-corrected chi connectivity index (χ2v) is 7.34. The molecule has 10 heteroatoms. The molecule has 0 aliphatic carbocycles. The van der Waals surface area contributed by atoms with E-state index in [0.29, 0.717) is 11.0 Å². The van der Waals surface area contributed by atoms with Crippen molar-refractivity contribution in [2.24, 2.45) is 0 Å². The van der Waals surface area contributed by atoms with Crippen molar-refractivity contribution in [1.82, 2.24) is 30.5 Å². The number of carbonyl (C=O) groups excluding carboxylic acids is 1. The summed E-state index contributed by atoms with van der Waals surface area (Å²) in [7, 11) is 0. The van der Waals surface area contributed by atoms with E-state index in [2.05, 4.69) is 30.5 Å². The Labute approximate surface area is 180 Å². The number of nitro groups is 1. The van der Waals surface area contributed by atoms with Crippen LogP contribution >= 0.6 is 0 Å². The lowest BCUT2D eigenvalue weighted by Crippen LogP contribution is -2.27. The lowest BCUT2D eigenvalue weighted by Gasteiger charge is -2.12. The average molecular weight is 427 g/mol. The van der Waals surface area contributed by atoms with Gasteiger partial charge in [0.15, 0.2) is 0 Å². The number of benzene rings is 2. The van der Waals surface area contributed by atoms with Crippen LogP contribution in [0.3, 0.4) is 0 Å². The Kier molecular flexibility index (Phi) is 4.59. The monoisotopic (exact) mass is 427 g/mol. The van der Waals surface area contributed by atoms with E-state index in [9.17, 15) is 14.9 Å². The molecule has 5 rings (SSSR count). The molecular weight excluding hydrogens is 410 g/mol. The predicted octanol–water partition coefficient (Wildman–Crippen LogP) is 3.90. The summed E-state index contributed by atoms with van der Waals surface area (Å²) >= 11 is 0. The predicted molar refractivity (Wildman–Crippen MR) is 118 cm³/mol. The van der Waals surface area contributed by atoms with Crippen LogP contribution in [0.2, 0.25) is 0 Å². The van der Waals surface area contributed by atoms with Crippen LogP contribution in [-0.4, -0.2) is 36.0 Å². The first-order chi connectivity index (χ1) is 15.5. The topological polar surface area (TPSA) is 142 Å². The van der Waals surface area contributed by atoms with Gasteiger partial charge in [0, 0.05) is 35.5 Å². The molecule has 3 heterocycles. The highest BCUT2D eigenvalue weighted by Crippen LogP contribution is 2.29. The summed E-state index contributed by atoms with van der Waals surface area (Å²) in [5, 5.41) is 20.9. The lowest BCUT2D eigenvalue weighted by molar-refractivity contribution is -0.384. The maximum atomic E-state index is 12.7. The Morgan fingerprint density at radius 3 is 2.41 bits per heavy atom. The van der Waals surface area contributed by atoms with Gasteiger partial charge < -0.3 is 10.4 Å². The Balaban J connectivity index is 1.41. The van der Waals surface area contributed by atoms with E-state index in [1.165, 1.54) is 12.1 Å². The fraction of sp³-hybridized carbons (Fsp3) is 0.0909. The smallest absolute Gasteiger partial charge is 0.289 e. The van der Waals surface area contributed by atoms with Crippen molar-refractivity contribution in [1.29, 1.82) is 0 Å². The van der Waals surface area contributed by atoms with Gasteiger partial charge in [-0.2, -0.15) is 0 Å². The van der Waals surface area contributed by atoms with Gasteiger partial charge in [0.1, 0.15) is 0 Å². The zero-order valence-electron chi connectivity index (χ0n) is 16.9. The zero-order chi connectivity index (χ0) is 22.2. The van der Waals surface area contributed by atoms with E-state index >= 15 is 0 Å². The quantitative estimate of drug-likeness (QED) is 0.287. The molecule has 3 aromatic heterocycles. The Morgan fingerprint density at radius 1 is 1.03 bits per heavy atom. The van der Waals surface area contributed by atoms with Gasteiger partial charge in [0.05, 0.1) is 33.2 Å². The number of non-ortho nitro benzene ring substituents is 1. The van der Waals surface area contributed by atoms with Crippen molar-refractivity contribution in [3.8, 4) is 11.3 Å². The van der Waals surface area contributed by atoms with E-state index in [1.807, 2.05) is 24.3 Å². The molecule has 0 radical (unpaired) electrons. The van der Waals surface area contributed by atoms with Gasteiger partial charge >= 0.3 is 0 Å². The molecule has 1 atom stereocenters. The normalized spacial score (nSPS) is 12.2. The number of amides is 1. The van der Waals surface area contributed by atoms with E-state index in [4.69, 9.17) is 0 Å². The molecular formula is C22H17N7O3. The summed E-state index contributed by atoms with van der Waals surface area (Å²) in [5.41, 5.74) is 4.65. The number of imidazole rings is 1. The molecule has 0 bridgehead atoms. The minimum absolute atomic E-state index is 0.00279. The zero-order valence-corrected chi connectivity index (χ0v) is 16.9. The number of nitrogens with one attached hydrogen (secondary N) is 3. The van der Waals surface area contributed by atoms with Crippen LogP contribution in [0.25, 0.3) is 33.2 Å². The van der Waals surface area contributed by atoms with Gasteiger partial charge in [-0.3, -0.25) is 25.0 Å². The first-order valence-corrected chi connectivity index (χ1v) is 9.83. The fourth-order valence-corrected chi connectivity index (χ4v) is 3.59. The molecule has 0 aliphatic heterocycles. The number of hydrogen-bond donors (Lipinski definition) is 3. The van der Waals surface area contributed by atoms with Crippen LogP contribution in [0.15, 0.2) is 60.9 Å². The summed E-state index contributed by atoms with van der Waals surface area (Å²) in [4.78, 5) is 35.9. The van der Waals surface area contributed by atoms with Crippen LogP contribution in [-0.2, 0) is 0 Å². The number of rotatable bonds is 5. The third-order valence-corrected chi connectivity index (χ3v) is 5.28. The maximum Gasteiger partial charge on any atom is 0.289 e. The second-order valence-electron chi connectivity index (χ2n) is 7.34. The van der Waals surface area contributed by atoms with Gasteiger partial charge in [0.2, 0.25) is 5.82 Å². The number of nitro benzene ring substituents is 1. The molecule has 2 aromatic carbocycles. The van der Waals surface area contributed by atoms with Gasteiger partial charge in [-0.15, -0.1) is 0 Å². The summed E-state index contributed by atoms with van der Waals surface area (Å²) in [5.74, 6) is -0.354. The van der Waals surface area contributed by atoms with Crippen LogP contribution < -0.4 is 5.32 Å². The SMILES string of the molecule is C[C@@H](NC(=O)c1nc2cc3[nH][nH]c(-c4ccncc4)c3cc2n1)c1ccc([N+](=O)[O-])cc1. The summed E-state index contributed by atoms with van der Waals surface area (Å²) < 4.78 is 0. The summed E-state index contributed by atoms with van der Waals surface area (Å²) in [6.07, 6.45) is 3.44. The van der Waals surface area contributed by atoms with Crippen molar-refractivity contribution in [2.45, 2.75) is 13.0 Å². The first-order valence-electron chi connectivity index (χ1n) is 9.83. The van der Waals surface area contributed by atoms with Crippen molar-refractivity contribution in [3.63, 3.8) is 0 Å². The van der Waals surface area contributed by atoms with Crippen LogP contribution in [0, 0.1) is 10.1 Å². The van der Waals surface area contributed by atoms with Gasteiger partial charge in [0.25, 0.3) is 11.6 Å². The number of H-pyrrole nitrogens is 2. The molecule has 0 fully saturated rings. The molecule has 0 saturated heterocycles. The van der Waals surface area contributed by atoms with Crippen molar-refractivity contribution < 1.29 is 9.72 Å². The number of carbonyl (C=O) groups is 1. The van der Waals surface area contributed by atoms with Gasteiger partial charge in [-0.25, -0.2) is 9.97 Å². The van der Waals surface area contributed by atoms with Crippen LogP contribution in [0.1, 0.15) is 29.1 Å². The first kappa shape index (κ1) is 19.4. The molecule has 158 valence electrons. The minimum atomic E-state index is -0.463. The van der Waals surface area contributed by atoms with Crippen molar-refractivity contribution in [2.75, 3.05) is 0 Å². The fourth-order valence-electron chi connectivity index (χ4n) is 3.59. The Morgan fingerprint density at radius 2 is 1.72 bits per heavy atom. The highest BCUT2D eigenvalue weighted by Gasteiger charge is 2.18. The van der Waals surface area contributed by atoms with Gasteiger partial charge in [-0.1, -0.05) is 12.1 Å². The summed E-state index contributed by atoms with van der Waals surface area (Å²) in [6, 6.07) is 13.2. The third kappa shape index (κ3) is 3.43. The molecule has 0 aliphatic rings. The minimum Gasteiger partial charge on any atom is -0.343 e. The largest absolute Gasteiger partial charge is 0.343 e. The van der Waals surface area contributed by atoms with Gasteiger partial charge in [-0.05, 0) is 36.8 Å². The third-order valence-electron chi connectivity index (χ3n) is 5.28. The van der Waals surface area contributed by atoms with E-state index in [1.54, 1.807) is 31.5 Å². The Hall–Kier alpha value is -4.60. The lowest BCUT2D eigenvalue weighted by atomic mass is 10.1. The summed E-state index contributed by atoms with van der Waals surface area (Å²) in [6.45, 7) is 1.79. The standard InChI is InChI=1S/C22H17N7O3/c1-12(13-2-4-15(5-3-13)29(31)32)24-22(30)21-25-18-10-16-17(11-19(18)26-21)27-28-20(16)14-6-8-23-9-7-14/h2-12,27-28H,1H3,(H,24,30)/t12-/m1/s1. The van der Waals surface area contributed by atoms with E-state index < -0.39 is 10.8 Å². The molecule has 0 saturated carbocycles. The number of aromatic amines is 2.